The van der Waals surface area contributed by atoms with E-state index in [0.29, 0.717) is 5.69 Å². The second-order valence-corrected chi connectivity index (χ2v) is 7.80. The maximum Gasteiger partial charge on any atom is 0.167 e. The second-order valence-electron chi connectivity index (χ2n) is 7.80. The summed E-state index contributed by atoms with van der Waals surface area (Å²) in [5.41, 5.74) is 0.374. The van der Waals surface area contributed by atoms with E-state index >= 15 is 0 Å². The van der Waals surface area contributed by atoms with Crippen LogP contribution in [0.5, 0.6) is 5.75 Å². The molecule has 1 heterocycles. The third kappa shape index (κ3) is 4.86. The van der Waals surface area contributed by atoms with Crippen molar-refractivity contribution in [2.45, 2.75) is 64.2 Å². The van der Waals surface area contributed by atoms with E-state index in [1.807, 2.05) is 4.90 Å². The molecule has 1 aliphatic heterocycles. The highest BCUT2D eigenvalue weighted by Crippen LogP contribution is 2.33. The molecule has 4 heteroatoms. The predicted octanol–water partition coefficient (Wildman–Crippen LogP) is 5.94. The first-order chi connectivity index (χ1) is 12.2. The second kappa shape index (κ2) is 8.86. The van der Waals surface area contributed by atoms with Crippen LogP contribution < -0.4 is 9.64 Å². The Bertz CT molecular complexity index is 549. The van der Waals surface area contributed by atoms with Gasteiger partial charge < -0.3 is 9.64 Å². The molecule has 0 atom stereocenters. The zero-order chi connectivity index (χ0) is 17.6. The molecule has 0 bridgehead atoms. The Labute approximate surface area is 150 Å². The molecule has 0 amide bonds. The van der Waals surface area contributed by atoms with Crippen molar-refractivity contribution < 1.29 is 13.5 Å². The Morgan fingerprint density at radius 3 is 2.20 bits per heavy atom. The highest BCUT2D eigenvalue weighted by Gasteiger charge is 2.23. The van der Waals surface area contributed by atoms with Gasteiger partial charge in [0.15, 0.2) is 11.6 Å². The summed E-state index contributed by atoms with van der Waals surface area (Å²) in [6.07, 6.45) is 13.3. The fourth-order valence-corrected chi connectivity index (χ4v) is 4.55. The minimum Gasteiger partial charge on any atom is -0.494 e. The molecule has 25 heavy (non-hydrogen) atoms. The van der Waals surface area contributed by atoms with Crippen molar-refractivity contribution in [3.8, 4) is 5.75 Å². The molecular weight excluding hydrogens is 320 g/mol. The molecule has 1 aromatic carbocycles. The number of anilines is 1. The fraction of sp³-hybridized carbons (Fsp3) is 0.714. The number of halogens is 2. The standard InChI is InChI=1S/C21H31F2NO/c1-25-21-15-18(22)20(14-19(21)23)24-12-10-17(11-13-24)9-5-8-16-6-3-2-4-7-16/h14-17H,2-13H2,1H3. The molecular formula is C21H31F2NO. The molecule has 2 fully saturated rings. The summed E-state index contributed by atoms with van der Waals surface area (Å²) >= 11 is 0. The average Bonchev–Trinajstić information content (AvgIpc) is 2.65. The number of benzene rings is 1. The number of methoxy groups -OCH3 is 1. The van der Waals surface area contributed by atoms with Crippen LogP contribution in [-0.4, -0.2) is 20.2 Å². The first-order valence-electron chi connectivity index (χ1n) is 9.95. The molecule has 3 rings (SSSR count). The maximum atomic E-state index is 14.2. The molecule has 1 saturated carbocycles. The van der Waals surface area contributed by atoms with Crippen molar-refractivity contribution in [1.29, 1.82) is 0 Å². The first-order valence-corrected chi connectivity index (χ1v) is 9.95. The first kappa shape index (κ1) is 18.5. The van der Waals surface area contributed by atoms with Gasteiger partial charge in [-0.25, -0.2) is 8.78 Å². The van der Waals surface area contributed by atoms with Crippen LogP contribution in [0.25, 0.3) is 0 Å². The van der Waals surface area contributed by atoms with Crippen LogP contribution in [0.15, 0.2) is 12.1 Å². The molecule has 1 aromatic rings. The molecule has 0 spiro atoms. The van der Waals surface area contributed by atoms with Gasteiger partial charge in [0.05, 0.1) is 12.8 Å². The quantitative estimate of drug-likeness (QED) is 0.629. The lowest BCUT2D eigenvalue weighted by Gasteiger charge is -2.34. The van der Waals surface area contributed by atoms with Crippen molar-refractivity contribution in [3.05, 3.63) is 23.8 Å². The Kier molecular flexibility index (Phi) is 6.55. The lowest BCUT2D eigenvalue weighted by molar-refractivity contribution is 0.304. The van der Waals surface area contributed by atoms with Crippen LogP contribution in [0.3, 0.4) is 0 Å². The van der Waals surface area contributed by atoms with E-state index in [9.17, 15) is 8.78 Å². The van der Waals surface area contributed by atoms with E-state index < -0.39 is 11.6 Å². The SMILES string of the molecule is COc1cc(F)c(N2CCC(CCCC3CCCCC3)CC2)cc1F. The summed E-state index contributed by atoms with van der Waals surface area (Å²) < 4.78 is 33.0. The van der Waals surface area contributed by atoms with Crippen molar-refractivity contribution >= 4 is 5.69 Å². The van der Waals surface area contributed by atoms with E-state index in [0.717, 1.165) is 43.8 Å². The Morgan fingerprint density at radius 2 is 1.56 bits per heavy atom. The summed E-state index contributed by atoms with van der Waals surface area (Å²) in [6, 6.07) is 2.43. The third-order valence-electron chi connectivity index (χ3n) is 6.13. The van der Waals surface area contributed by atoms with Crippen molar-refractivity contribution in [2.24, 2.45) is 11.8 Å². The lowest BCUT2D eigenvalue weighted by atomic mass is 9.83. The summed E-state index contributed by atoms with van der Waals surface area (Å²) in [5, 5.41) is 0. The molecule has 0 N–H and O–H groups in total. The van der Waals surface area contributed by atoms with Gasteiger partial charge in [-0.1, -0.05) is 51.4 Å². The van der Waals surface area contributed by atoms with Crippen LogP contribution in [0, 0.1) is 23.5 Å². The van der Waals surface area contributed by atoms with Gasteiger partial charge in [0.2, 0.25) is 0 Å². The third-order valence-corrected chi connectivity index (χ3v) is 6.13. The van der Waals surface area contributed by atoms with Gasteiger partial charge in [-0.3, -0.25) is 0 Å². The van der Waals surface area contributed by atoms with Gasteiger partial charge in [0.25, 0.3) is 0 Å². The van der Waals surface area contributed by atoms with Crippen LogP contribution in [0.1, 0.15) is 64.2 Å². The number of rotatable bonds is 6. The predicted molar refractivity (Wildman–Crippen MR) is 98.3 cm³/mol. The molecule has 2 nitrogen and oxygen atoms in total. The van der Waals surface area contributed by atoms with Crippen molar-refractivity contribution in [2.75, 3.05) is 25.1 Å². The van der Waals surface area contributed by atoms with Crippen LogP contribution >= 0.6 is 0 Å². The summed E-state index contributed by atoms with van der Waals surface area (Å²) in [6.45, 7) is 1.63. The van der Waals surface area contributed by atoms with Crippen molar-refractivity contribution in [3.63, 3.8) is 0 Å². The van der Waals surface area contributed by atoms with E-state index in [4.69, 9.17) is 4.74 Å². The van der Waals surface area contributed by atoms with Crippen molar-refractivity contribution in [1.82, 2.24) is 0 Å². The van der Waals surface area contributed by atoms with Gasteiger partial charge in [-0.15, -0.1) is 0 Å². The molecule has 2 aliphatic rings. The number of hydrogen-bond acceptors (Lipinski definition) is 2. The van der Waals surface area contributed by atoms with Crippen LogP contribution in [-0.2, 0) is 0 Å². The zero-order valence-electron chi connectivity index (χ0n) is 15.4. The Hall–Kier alpha value is -1.32. The molecule has 0 unspecified atom stereocenters. The van der Waals surface area contributed by atoms with E-state index in [1.54, 1.807) is 0 Å². The van der Waals surface area contributed by atoms with E-state index in [1.165, 1.54) is 64.5 Å². The monoisotopic (exact) mass is 351 g/mol. The van der Waals surface area contributed by atoms with E-state index in [-0.39, 0.29) is 5.75 Å². The maximum absolute atomic E-state index is 14.2. The molecule has 0 aromatic heterocycles. The van der Waals surface area contributed by atoms with Crippen LogP contribution in [0.4, 0.5) is 14.5 Å². The van der Waals surface area contributed by atoms with Gasteiger partial charge in [-0.2, -0.15) is 0 Å². The highest BCUT2D eigenvalue weighted by atomic mass is 19.1. The molecule has 140 valence electrons. The smallest absolute Gasteiger partial charge is 0.167 e. The fourth-order valence-electron chi connectivity index (χ4n) is 4.55. The van der Waals surface area contributed by atoms with Crippen LogP contribution in [0.2, 0.25) is 0 Å². The molecule has 1 saturated heterocycles. The summed E-state index contributed by atoms with van der Waals surface area (Å²) in [4.78, 5) is 1.98. The lowest BCUT2D eigenvalue weighted by Crippen LogP contribution is -2.34. The number of hydrogen-bond donors (Lipinski definition) is 0. The largest absolute Gasteiger partial charge is 0.494 e. The minimum absolute atomic E-state index is 0.0288. The van der Waals surface area contributed by atoms with Gasteiger partial charge >= 0.3 is 0 Å². The summed E-state index contributed by atoms with van der Waals surface area (Å²) in [5.74, 6) is 0.789. The van der Waals surface area contributed by atoms with Gasteiger partial charge in [0.1, 0.15) is 5.82 Å². The molecule has 1 aliphatic carbocycles. The minimum atomic E-state index is -0.492. The average molecular weight is 351 g/mol. The normalized spacial score (nSPS) is 20.0. The number of ether oxygens (including phenoxy) is 1. The molecule has 0 radical (unpaired) electrons. The zero-order valence-corrected chi connectivity index (χ0v) is 15.4. The highest BCUT2D eigenvalue weighted by molar-refractivity contribution is 5.51. The number of nitrogens with zero attached hydrogens (tertiary/aromatic N) is 1. The van der Waals surface area contributed by atoms with Gasteiger partial charge in [-0.05, 0) is 24.7 Å². The number of piperidine rings is 1. The topological polar surface area (TPSA) is 12.5 Å². The van der Waals surface area contributed by atoms with Gasteiger partial charge in [0, 0.05) is 25.2 Å². The Morgan fingerprint density at radius 1 is 0.920 bits per heavy atom. The Balaban J connectivity index is 1.44. The van der Waals surface area contributed by atoms with E-state index in [2.05, 4.69) is 0 Å². The summed E-state index contributed by atoms with van der Waals surface area (Å²) in [7, 11) is 1.36.